The van der Waals surface area contributed by atoms with Crippen molar-refractivity contribution in [3.05, 3.63) is 58.8 Å². The van der Waals surface area contributed by atoms with E-state index in [1.54, 1.807) is 6.92 Å². The van der Waals surface area contributed by atoms with Gasteiger partial charge in [0.1, 0.15) is 5.82 Å². The summed E-state index contributed by atoms with van der Waals surface area (Å²) in [6, 6.07) is 10.7. The van der Waals surface area contributed by atoms with Gasteiger partial charge in [-0.3, -0.25) is 0 Å². The fourth-order valence-corrected chi connectivity index (χ4v) is 5.86. The van der Waals surface area contributed by atoms with Crippen LogP contribution in [0.25, 0.3) is 11.5 Å². The molecule has 0 saturated heterocycles. The zero-order valence-electron chi connectivity index (χ0n) is 14.6. The largest absolute Gasteiger partial charge is 0.423 e. The quantitative estimate of drug-likeness (QED) is 0.515. The number of oxazole rings is 1. The number of benzene rings is 2. The lowest BCUT2D eigenvalue weighted by molar-refractivity contribution is 0.444. The molecule has 1 heterocycles. The zero-order chi connectivity index (χ0) is 20.5. The third-order valence-corrected chi connectivity index (χ3v) is 7.92. The standard InChI is InChI=1S/C18H15BrFNO5S2/c1-2-11-27(22,23)18-17(28(24,25)15-9-5-13(19)6-10-15)21-16(26-18)12-3-7-14(20)8-4-12/h3-10H,2,11H2,1H3. The number of hydrogen-bond acceptors (Lipinski definition) is 6. The first-order valence-electron chi connectivity index (χ1n) is 8.15. The van der Waals surface area contributed by atoms with Crippen LogP contribution in [-0.2, 0) is 19.7 Å². The van der Waals surface area contributed by atoms with Gasteiger partial charge in [-0.1, -0.05) is 22.9 Å². The molecule has 0 radical (unpaired) electrons. The fourth-order valence-electron chi connectivity index (χ4n) is 2.46. The summed E-state index contributed by atoms with van der Waals surface area (Å²) >= 11 is 3.22. The Bertz CT molecular complexity index is 1200. The molecule has 0 aliphatic rings. The minimum atomic E-state index is -4.26. The molecule has 148 valence electrons. The van der Waals surface area contributed by atoms with Crippen molar-refractivity contribution in [2.24, 2.45) is 0 Å². The van der Waals surface area contributed by atoms with Gasteiger partial charge in [-0.25, -0.2) is 21.2 Å². The summed E-state index contributed by atoms with van der Waals surface area (Å²) in [6.07, 6.45) is 0.271. The molecule has 0 unspecified atom stereocenters. The first kappa shape index (κ1) is 20.7. The van der Waals surface area contributed by atoms with Crippen LogP contribution in [0.15, 0.2) is 72.4 Å². The molecule has 10 heteroatoms. The van der Waals surface area contributed by atoms with Gasteiger partial charge >= 0.3 is 0 Å². The van der Waals surface area contributed by atoms with Crippen molar-refractivity contribution in [3.8, 4) is 11.5 Å². The molecular formula is C18H15BrFNO5S2. The van der Waals surface area contributed by atoms with E-state index < -0.39 is 35.6 Å². The van der Waals surface area contributed by atoms with Gasteiger partial charge in [0.25, 0.3) is 5.09 Å². The average molecular weight is 488 g/mol. The van der Waals surface area contributed by atoms with E-state index in [0.29, 0.717) is 4.47 Å². The molecule has 0 N–H and O–H groups in total. The molecular weight excluding hydrogens is 473 g/mol. The number of sulfone groups is 2. The number of halogens is 2. The Balaban J connectivity index is 2.23. The minimum Gasteiger partial charge on any atom is -0.423 e. The Labute approximate surface area is 170 Å². The second-order valence-corrected chi connectivity index (χ2v) is 10.7. The molecule has 1 aromatic heterocycles. The van der Waals surface area contributed by atoms with E-state index >= 15 is 0 Å². The number of aromatic nitrogens is 1. The fraction of sp³-hybridized carbons (Fsp3) is 0.167. The lowest BCUT2D eigenvalue weighted by Crippen LogP contribution is -2.11. The van der Waals surface area contributed by atoms with Crippen LogP contribution in [0.4, 0.5) is 4.39 Å². The van der Waals surface area contributed by atoms with Crippen molar-refractivity contribution in [3.63, 3.8) is 0 Å². The SMILES string of the molecule is CCCS(=O)(=O)c1oc(-c2ccc(F)cc2)nc1S(=O)(=O)c1ccc(Br)cc1. The number of nitrogens with zero attached hydrogens (tertiary/aromatic N) is 1. The first-order chi connectivity index (χ1) is 13.1. The summed E-state index contributed by atoms with van der Waals surface area (Å²) in [6.45, 7) is 1.65. The van der Waals surface area contributed by atoms with E-state index in [4.69, 9.17) is 4.42 Å². The van der Waals surface area contributed by atoms with Crippen molar-refractivity contribution in [1.82, 2.24) is 4.98 Å². The van der Waals surface area contributed by atoms with Gasteiger partial charge in [-0.2, -0.15) is 4.98 Å². The van der Waals surface area contributed by atoms with Gasteiger partial charge in [-0.15, -0.1) is 0 Å². The molecule has 0 bridgehead atoms. The van der Waals surface area contributed by atoms with Gasteiger partial charge in [0.05, 0.1) is 10.6 Å². The average Bonchev–Trinajstić information content (AvgIpc) is 3.10. The summed E-state index contributed by atoms with van der Waals surface area (Å²) in [4.78, 5) is 3.84. The highest BCUT2D eigenvalue weighted by molar-refractivity contribution is 9.10. The van der Waals surface area contributed by atoms with E-state index in [-0.39, 0.29) is 28.5 Å². The van der Waals surface area contributed by atoms with Crippen LogP contribution in [0.1, 0.15) is 13.3 Å². The maximum Gasteiger partial charge on any atom is 0.258 e. The molecule has 0 fully saturated rings. The van der Waals surface area contributed by atoms with Crippen molar-refractivity contribution < 1.29 is 25.6 Å². The number of hydrogen-bond donors (Lipinski definition) is 0. The van der Waals surface area contributed by atoms with Gasteiger partial charge in [-0.05, 0) is 55.0 Å². The Kier molecular flexibility index (Phi) is 5.74. The van der Waals surface area contributed by atoms with E-state index in [9.17, 15) is 21.2 Å². The molecule has 0 spiro atoms. The lowest BCUT2D eigenvalue weighted by Gasteiger charge is -2.04. The third-order valence-electron chi connectivity index (χ3n) is 3.79. The first-order valence-corrected chi connectivity index (χ1v) is 12.1. The van der Waals surface area contributed by atoms with Gasteiger partial charge in [0.2, 0.25) is 30.6 Å². The second-order valence-electron chi connectivity index (χ2n) is 5.89. The van der Waals surface area contributed by atoms with Crippen molar-refractivity contribution in [1.29, 1.82) is 0 Å². The molecule has 0 saturated carbocycles. The van der Waals surface area contributed by atoms with Crippen LogP contribution in [0, 0.1) is 5.82 Å². The Morgan fingerprint density at radius 2 is 1.61 bits per heavy atom. The second kappa shape index (κ2) is 7.76. The van der Waals surface area contributed by atoms with Crippen molar-refractivity contribution >= 4 is 35.6 Å². The number of rotatable bonds is 6. The predicted molar refractivity (Wildman–Crippen MR) is 104 cm³/mol. The highest BCUT2D eigenvalue weighted by atomic mass is 79.9. The van der Waals surface area contributed by atoms with E-state index in [2.05, 4.69) is 20.9 Å². The van der Waals surface area contributed by atoms with Crippen LogP contribution in [0.3, 0.4) is 0 Å². The molecule has 0 aliphatic heterocycles. The molecule has 0 atom stereocenters. The van der Waals surface area contributed by atoms with E-state index in [0.717, 1.165) is 12.1 Å². The maximum atomic E-state index is 13.2. The topological polar surface area (TPSA) is 94.3 Å². The van der Waals surface area contributed by atoms with Crippen LogP contribution in [0.5, 0.6) is 0 Å². The summed E-state index contributed by atoms with van der Waals surface area (Å²) in [5, 5.41) is -1.39. The molecule has 0 aliphatic carbocycles. The third kappa shape index (κ3) is 4.03. The highest BCUT2D eigenvalue weighted by Gasteiger charge is 2.34. The minimum absolute atomic E-state index is 0.123. The summed E-state index contributed by atoms with van der Waals surface area (Å²) in [5.74, 6) is -1.02. The molecule has 2 aromatic carbocycles. The smallest absolute Gasteiger partial charge is 0.258 e. The highest BCUT2D eigenvalue weighted by Crippen LogP contribution is 2.33. The van der Waals surface area contributed by atoms with E-state index in [1.165, 1.54) is 36.4 Å². The Hall–Kier alpha value is -2.04. The Morgan fingerprint density at radius 1 is 1.00 bits per heavy atom. The monoisotopic (exact) mass is 487 g/mol. The summed E-state index contributed by atoms with van der Waals surface area (Å²) in [7, 11) is -8.29. The molecule has 6 nitrogen and oxygen atoms in total. The van der Waals surface area contributed by atoms with Gasteiger partial charge < -0.3 is 4.42 Å². The van der Waals surface area contributed by atoms with E-state index in [1.807, 2.05) is 0 Å². The van der Waals surface area contributed by atoms with Gasteiger partial charge in [0, 0.05) is 10.0 Å². The zero-order valence-corrected chi connectivity index (χ0v) is 17.8. The molecule has 3 rings (SSSR count). The lowest BCUT2D eigenvalue weighted by atomic mass is 10.2. The van der Waals surface area contributed by atoms with Crippen molar-refractivity contribution in [2.45, 2.75) is 28.4 Å². The van der Waals surface area contributed by atoms with Crippen LogP contribution in [0.2, 0.25) is 0 Å². The summed E-state index contributed by atoms with van der Waals surface area (Å²) < 4.78 is 70.6. The van der Waals surface area contributed by atoms with Crippen LogP contribution >= 0.6 is 15.9 Å². The molecule has 3 aromatic rings. The van der Waals surface area contributed by atoms with Crippen LogP contribution < -0.4 is 0 Å². The maximum absolute atomic E-state index is 13.2. The predicted octanol–water partition coefficient (Wildman–Crippen LogP) is 4.26. The molecule has 0 amide bonds. The van der Waals surface area contributed by atoms with Crippen molar-refractivity contribution in [2.75, 3.05) is 5.75 Å². The van der Waals surface area contributed by atoms with Crippen LogP contribution in [-0.4, -0.2) is 27.6 Å². The molecule has 28 heavy (non-hydrogen) atoms. The Morgan fingerprint density at radius 3 is 2.18 bits per heavy atom. The summed E-state index contributed by atoms with van der Waals surface area (Å²) in [5.41, 5.74) is 0.256. The van der Waals surface area contributed by atoms with Gasteiger partial charge in [0.15, 0.2) is 0 Å². The normalized spacial score (nSPS) is 12.2.